The third kappa shape index (κ3) is 4.63. The molecular formula is C12H11F2NO5. The molecule has 0 aliphatic heterocycles. The summed E-state index contributed by atoms with van der Waals surface area (Å²) >= 11 is 0. The number of carbonyl (C=O) groups excluding carboxylic acids is 1. The largest absolute Gasteiger partial charge is 0.481 e. The summed E-state index contributed by atoms with van der Waals surface area (Å²) in [5.41, 5.74) is -0.122. The molecule has 0 aliphatic carbocycles. The lowest BCUT2D eigenvalue weighted by Crippen LogP contribution is -2.42. The molecule has 8 heteroatoms. The maximum absolute atomic E-state index is 13.3. The van der Waals surface area contributed by atoms with E-state index < -0.39 is 48.4 Å². The maximum atomic E-state index is 13.3. The van der Waals surface area contributed by atoms with Crippen LogP contribution in [-0.4, -0.2) is 34.1 Å². The van der Waals surface area contributed by atoms with Crippen molar-refractivity contribution in [2.45, 2.75) is 18.9 Å². The van der Waals surface area contributed by atoms with E-state index in [1.54, 1.807) is 0 Å². The molecule has 1 atom stereocenters. The average molecular weight is 287 g/mol. The minimum atomic E-state index is -1.61. The zero-order valence-corrected chi connectivity index (χ0v) is 10.1. The van der Waals surface area contributed by atoms with E-state index in [1.807, 2.05) is 5.32 Å². The van der Waals surface area contributed by atoms with Gasteiger partial charge in [0.05, 0.1) is 12.8 Å². The zero-order valence-electron chi connectivity index (χ0n) is 10.1. The average Bonchev–Trinajstić information content (AvgIpc) is 2.31. The van der Waals surface area contributed by atoms with Crippen LogP contribution in [0.4, 0.5) is 8.78 Å². The Morgan fingerprint density at radius 2 is 1.85 bits per heavy atom. The Morgan fingerprint density at radius 1 is 1.20 bits per heavy atom. The van der Waals surface area contributed by atoms with Crippen molar-refractivity contribution < 1.29 is 33.4 Å². The number of carboxylic acid groups (broad SMARTS) is 2. The van der Waals surface area contributed by atoms with Crippen LogP contribution < -0.4 is 5.32 Å². The van der Waals surface area contributed by atoms with E-state index >= 15 is 0 Å². The first-order valence-corrected chi connectivity index (χ1v) is 5.47. The number of hydrogen-bond donors (Lipinski definition) is 3. The van der Waals surface area contributed by atoms with Crippen LogP contribution in [-0.2, 0) is 20.8 Å². The number of rotatable bonds is 6. The number of hydrogen-bond acceptors (Lipinski definition) is 3. The Morgan fingerprint density at radius 3 is 2.35 bits per heavy atom. The molecule has 108 valence electrons. The predicted octanol–water partition coefficient (Wildman–Crippen LogP) is 0.551. The normalized spacial score (nSPS) is 11.7. The summed E-state index contributed by atoms with van der Waals surface area (Å²) in [6.45, 7) is 0. The van der Waals surface area contributed by atoms with Gasteiger partial charge in [0, 0.05) is 6.07 Å². The second-order valence-corrected chi connectivity index (χ2v) is 3.97. The Labute approximate surface area is 112 Å². The van der Waals surface area contributed by atoms with Gasteiger partial charge in [-0.25, -0.2) is 13.6 Å². The van der Waals surface area contributed by atoms with Gasteiger partial charge in [0.25, 0.3) is 0 Å². The van der Waals surface area contributed by atoms with Crippen molar-refractivity contribution in [1.29, 1.82) is 0 Å². The van der Waals surface area contributed by atoms with E-state index in [0.717, 1.165) is 12.1 Å². The summed E-state index contributed by atoms with van der Waals surface area (Å²) in [4.78, 5) is 32.7. The fourth-order valence-corrected chi connectivity index (χ4v) is 1.46. The lowest BCUT2D eigenvalue weighted by atomic mass is 10.1. The van der Waals surface area contributed by atoms with Crippen molar-refractivity contribution in [3.63, 3.8) is 0 Å². The van der Waals surface area contributed by atoms with Gasteiger partial charge in [-0.05, 0) is 11.6 Å². The molecular weight excluding hydrogens is 276 g/mol. The molecule has 0 aliphatic rings. The quantitative estimate of drug-likeness (QED) is 0.709. The molecule has 0 saturated heterocycles. The van der Waals surface area contributed by atoms with Crippen LogP contribution >= 0.6 is 0 Å². The first-order chi connectivity index (χ1) is 9.29. The number of nitrogens with one attached hydrogen (secondary N) is 1. The highest BCUT2D eigenvalue weighted by Gasteiger charge is 2.23. The van der Waals surface area contributed by atoms with E-state index in [4.69, 9.17) is 10.2 Å². The van der Waals surface area contributed by atoms with Crippen LogP contribution in [0.3, 0.4) is 0 Å². The molecule has 0 radical (unpaired) electrons. The van der Waals surface area contributed by atoms with E-state index in [2.05, 4.69) is 0 Å². The molecule has 0 fully saturated rings. The zero-order chi connectivity index (χ0) is 15.3. The van der Waals surface area contributed by atoms with Gasteiger partial charge in [0.15, 0.2) is 0 Å². The first kappa shape index (κ1) is 15.5. The van der Waals surface area contributed by atoms with Crippen LogP contribution in [0.1, 0.15) is 12.0 Å². The molecule has 0 unspecified atom stereocenters. The molecule has 1 rings (SSSR count). The van der Waals surface area contributed by atoms with E-state index in [1.165, 1.54) is 0 Å². The number of halogens is 2. The molecule has 0 bridgehead atoms. The Kier molecular flexibility index (Phi) is 5.13. The fourth-order valence-electron chi connectivity index (χ4n) is 1.46. The number of amides is 1. The van der Waals surface area contributed by atoms with E-state index in [-0.39, 0.29) is 5.56 Å². The van der Waals surface area contributed by atoms with Gasteiger partial charge in [0.2, 0.25) is 5.91 Å². The topological polar surface area (TPSA) is 104 Å². The summed E-state index contributed by atoms with van der Waals surface area (Å²) in [6.07, 6.45) is -1.32. The van der Waals surface area contributed by atoms with Crippen molar-refractivity contribution in [2.24, 2.45) is 0 Å². The molecule has 3 N–H and O–H groups in total. The summed E-state index contributed by atoms with van der Waals surface area (Å²) in [6, 6.07) is 0.993. The van der Waals surface area contributed by atoms with Gasteiger partial charge in [-0.15, -0.1) is 0 Å². The van der Waals surface area contributed by atoms with Gasteiger partial charge in [-0.3, -0.25) is 9.59 Å². The molecule has 0 saturated carbocycles. The van der Waals surface area contributed by atoms with Crippen LogP contribution in [0.5, 0.6) is 0 Å². The Bertz CT molecular complexity index is 547. The smallest absolute Gasteiger partial charge is 0.326 e. The summed E-state index contributed by atoms with van der Waals surface area (Å²) in [7, 11) is 0. The van der Waals surface area contributed by atoms with Crippen molar-refractivity contribution in [3.05, 3.63) is 35.4 Å². The second kappa shape index (κ2) is 6.60. The molecule has 0 heterocycles. The molecule has 1 aromatic rings. The number of aliphatic carboxylic acids is 2. The minimum Gasteiger partial charge on any atom is -0.481 e. The lowest BCUT2D eigenvalue weighted by Gasteiger charge is -2.12. The highest BCUT2D eigenvalue weighted by Crippen LogP contribution is 2.10. The minimum absolute atomic E-state index is 0.122. The monoisotopic (exact) mass is 287 g/mol. The van der Waals surface area contributed by atoms with Crippen molar-refractivity contribution in [1.82, 2.24) is 5.32 Å². The van der Waals surface area contributed by atoms with Crippen LogP contribution in [0, 0.1) is 11.6 Å². The summed E-state index contributed by atoms with van der Waals surface area (Å²) in [5.74, 6) is -5.53. The Balaban J connectivity index is 2.70. The SMILES string of the molecule is O=C(O)C[C@@H](NC(=O)Cc1ccc(F)cc1F)C(=O)O. The standard InChI is InChI=1S/C12H11F2NO5/c13-7-2-1-6(8(14)4-7)3-10(16)15-9(12(19)20)5-11(17)18/h1-2,4,9H,3,5H2,(H,15,16)(H,17,18)(H,19,20)/t9-/m1/s1. The number of carboxylic acids is 2. The molecule has 6 nitrogen and oxygen atoms in total. The second-order valence-electron chi connectivity index (χ2n) is 3.97. The molecule has 0 aromatic heterocycles. The predicted molar refractivity (Wildman–Crippen MR) is 61.9 cm³/mol. The molecule has 0 spiro atoms. The van der Waals surface area contributed by atoms with Crippen LogP contribution in [0.15, 0.2) is 18.2 Å². The van der Waals surface area contributed by atoms with Gasteiger partial charge in [-0.1, -0.05) is 6.07 Å². The molecule has 1 aromatic carbocycles. The van der Waals surface area contributed by atoms with Crippen molar-refractivity contribution in [3.8, 4) is 0 Å². The first-order valence-electron chi connectivity index (χ1n) is 5.47. The molecule has 20 heavy (non-hydrogen) atoms. The maximum Gasteiger partial charge on any atom is 0.326 e. The Hall–Kier alpha value is -2.51. The third-order valence-electron chi connectivity index (χ3n) is 2.38. The summed E-state index contributed by atoms with van der Waals surface area (Å²) in [5, 5.41) is 19.2. The lowest BCUT2D eigenvalue weighted by molar-refractivity contribution is -0.147. The summed E-state index contributed by atoms with van der Waals surface area (Å²) < 4.78 is 25.9. The highest BCUT2D eigenvalue weighted by molar-refractivity contribution is 5.87. The van der Waals surface area contributed by atoms with Gasteiger partial charge >= 0.3 is 11.9 Å². The van der Waals surface area contributed by atoms with Gasteiger partial charge < -0.3 is 15.5 Å². The molecule has 1 amide bonds. The third-order valence-corrected chi connectivity index (χ3v) is 2.38. The van der Waals surface area contributed by atoms with E-state index in [9.17, 15) is 23.2 Å². The van der Waals surface area contributed by atoms with Crippen LogP contribution in [0.25, 0.3) is 0 Å². The van der Waals surface area contributed by atoms with Crippen molar-refractivity contribution >= 4 is 17.8 Å². The van der Waals surface area contributed by atoms with Gasteiger partial charge in [0.1, 0.15) is 17.7 Å². The van der Waals surface area contributed by atoms with Crippen LogP contribution in [0.2, 0.25) is 0 Å². The van der Waals surface area contributed by atoms with Gasteiger partial charge in [-0.2, -0.15) is 0 Å². The van der Waals surface area contributed by atoms with E-state index in [0.29, 0.717) is 6.07 Å². The fraction of sp³-hybridized carbons (Fsp3) is 0.250. The number of carbonyl (C=O) groups is 3. The highest BCUT2D eigenvalue weighted by atomic mass is 19.1. The number of benzene rings is 1. The van der Waals surface area contributed by atoms with Crippen molar-refractivity contribution in [2.75, 3.05) is 0 Å².